The van der Waals surface area contributed by atoms with Crippen LogP contribution in [0, 0.1) is 0 Å². The molecule has 4 heteroatoms. The van der Waals surface area contributed by atoms with Gasteiger partial charge in [0.25, 0.3) is 0 Å². The lowest BCUT2D eigenvalue weighted by Crippen LogP contribution is -1.94. The van der Waals surface area contributed by atoms with Crippen LogP contribution in [0.25, 0.3) is 141 Å². The molecule has 0 spiro atoms. The van der Waals surface area contributed by atoms with Gasteiger partial charge in [-0.1, -0.05) is 152 Å². The summed E-state index contributed by atoms with van der Waals surface area (Å²) in [4.78, 5) is 0. The fourth-order valence-electron chi connectivity index (χ4n) is 11.2. The Labute approximate surface area is 394 Å². The molecule has 4 aromatic heterocycles. The molecule has 0 radical (unpaired) electrons. The first-order valence-corrected chi connectivity index (χ1v) is 24.1. The van der Waals surface area contributed by atoms with E-state index in [0.29, 0.717) is 0 Å². The molecule has 0 amide bonds. The Hall–Kier alpha value is -8.70. The summed E-state index contributed by atoms with van der Waals surface area (Å²) in [6, 6.07) is 84.5. The van der Waals surface area contributed by atoms with Crippen molar-refractivity contribution >= 4 is 108 Å². The van der Waals surface area contributed by atoms with Gasteiger partial charge in [0.05, 0.1) is 22.1 Å². The van der Waals surface area contributed by atoms with Crippen LogP contribution in [0.1, 0.15) is 0 Å². The SMILES string of the molecule is c1ccc(-n2c3ccc(-c4ccc5c(c4)c4cc(-c6cccc7c6oc6ccccc67)ccc4n5-c4ccc(-c5cccc6c5sc5ccccc56)cc4)cc3c3c4ccccc4ccc32)cc1. The van der Waals surface area contributed by atoms with E-state index in [1.807, 2.05) is 17.4 Å². The molecule has 0 aliphatic rings. The molecule has 0 unspecified atom stereocenters. The zero-order valence-corrected chi connectivity index (χ0v) is 37.5. The van der Waals surface area contributed by atoms with E-state index < -0.39 is 0 Å². The molecular weight excluding hydrogens is 845 g/mol. The van der Waals surface area contributed by atoms with Crippen LogP contribution in [0.15, 0.2) is 235 Å². The first kappa shape index (κ1) is 37.5. The normalized spacial score (nSPS) is 12.1. The Morgan fingerprint density at radius 3 is 1.69 bits per heavy atom. The smallest absolute Gasteiger partial charge is 0.143 e. The van der Waals surface area contributed by atoms with Crippen molar-refractivity contribution in [2.45, 2.75) is 0 Å². The molecule has 0 saturated heterocycles. The second-order valence-electron chi connectivity index (χ2n) is 18.0. The summed E-state index contributed by atoms with van der Waals surface area (Å²) in [6.45, 7) is 0. The summed E-state index contributed by atoms with van der Waals surface area (Å²) in [7, 11) is 0. The third kappa shape index (κ3) is 5.47. The van der Waals surface area contributed by atoms with E-state index in [2.05, 4.69) is 234 Å². The zero-order valence-electron chi connectivity index (χ0n) is 36.7. The predicted octanol–water partition coefficient (Wildman–Crippen LogP) is 18.3. The van der Waals surface area contributed by atoms with Crippen molar-refractivity contribution < 1.29 is 4.42 Å². The summed E-state index contributed by atoms with van der Waals surface area (Å²) in [5, 5.41) is 12.3. The quantitative estimate of drug-likeness (QED) is 0.169. The number of hydrogen-bond acceptors (Lipinski definition) is 2. The molecule has 0 bridgehead atoms. The van der Waals surface area contributed by atoms with E-state index in [4.69, 9.17) is 4.42 Å². The van der Waals surface area contributed by atoms with E-state index in [-0.39, 0.29) is 0 Å². The fraction of sp³-hybridized carbons (Fsp3) is 0. The molecular formula is C64H38N2OS. The van der Waals surface area contributed by atoms with Crippen LogP contribution in [0.2, 0.25) is 0 Å². The average molecular weight is 883 g/mol. The lowest BCUT2D eigenvalue weighted by Gasteiger charge is -2.11. The summed E-state index contributed by atoms with van der Waals surface area (Å²) in [5.41, 5.74) is 15.9. The van der Waals surface area contributed by atoms with E-state index in [1.165, 1.54) is 85.8 Å². The van der Waals surface area contributed by atoms with Gasteiger partial charge in [0.15, 0.2) is 0 Å². The maximum atomic E-state index is 6.60. The summed E-state index contributed by atoms with van der Waals surface area (Å²) in [5.74, 6) is 0. The Morgan fingerprint density at radius 2 is 0.882 bits per heavy atom. The van der Waals surface area contributed by atoms with Crippen molar-refractivity contribution in [2.75, 3.05) is 0 Å². The minimum atomic E-state index is 0.904. The molecule has 0 fully saturated rings. The van der Waals surface area contributed by atoms with Gasteiger partial charge in [-0.05, 0) is 117 Å². The van der Waals surface area contributed by atoms with Crippen LogP contribution in [-0.2, 0) is 0 Å². The van der Waals surface area contributed by atoms with Crippen molar-refractivity contribution in [3.05, 3.63) is 231 Å². The summed E-state index contributed by atoms with van der Waals surface area (Å²) in [6.07, 6.45) is 0. The van der Waals surface area contributed by atoms with Crippen LogP contribution in [0.5, 0.6) is 0 Å². The number of fused-ring (bicyclic) bond motifs is 14. The lowest BCUT2D eigenvalue weighted by molar-refractivity contribution is 0.670. The average Bonchev–Trinajstić information content (AvgIpc) is 4.16. The standard InChI is InChI=1S/C64H38N2OS/c1-2-13-44(14-3-1)66-58-33-28-42(37-55(58)62-46-15-5-4-12-39(46)26-35-59(62)66)41-27-32-56-53(36-41)54-38-43(47-18-10-20-51-49-16-6-8-22-60(49)67-63(47)51)29-34-57(54)65(56)45-30-24-40(25-31-45)48-19-11-21-52-50-17-7-9-23-61(50)68-64(48)52/h1-38H. The number of nitrogens with zero attached hydrogens (tertiary/aromatic N) is 2. The van der Waals surface area contributed by atoms with Crippen LogP contribution >= 0.6 is 11.3 Å². The van der Waals surface area contributed by atoms with Gasteiger partial charge >= 0.3 is 0 Å². The Morgan fingerprint density at radius 1 is 0.324 bits per heavy atom. The number of rotatable bonds is 5. The minimum absolute atomic E-state index is 0.904. The summed E-state index contributed by atoms with van der Waals surface area (Å²) >= 11 is 1.88. The highest BCUT2D eigenvalue weighted by Crippen LogP contribution is 2.44. The third-order valence-corrected chi connectivity index (χ3v) is 15.5. The van der Waals surface area contributed by atoms with Gasteiger partial charge < -0.3 is 13.6 Å². The fourth-order valence-corrected chi connectivity index (χ4v) is 12.5. The van der Waals surface area contributed by atoms with Gasteiger partial charge in [-0.15, -0.1) is 11.3 Å². The highest BCUT2D eigenvalue weighted by Gasteiger charge is 2.20. The number of benzene rings is 11. The molecule has 0 N–H and O–H groups in total. The lowest BCUT2D eigenvalue weighted by atomic mass is 9.98. The second-order valence-corrected chi connectivity index (χ2v) is 19.0. The van der Waals surface area contributed by atoms with Crippen molar-refractivity contribution in [1.82, 2.24) is 9.13 Å². The topological polar surface area (TPSA) is 23.0 Å². The van der Waals surface area contributed by atoms with Crippen molar-refractivity contribution in [2.24, 2.45) is 0 Å². The molecule has 15 aromatic rings. The number of para-hydroxylation sites is 3. The van der Waals surface area contributed by atoms with E-state index in [9.17, 15) is 0 Å². The third-order valence-electron chi connectivity index (χ3n) is 14.3. The van der Waals surface area contributed by atoms with Crippen LogP contribution in [-0.4, -0.2) is 9.13 Å². The van der Waals surface area contributed by atoms with Crippen molar-refractivity contribution in [1.29, 1.82) is 0 Å². The van der Waals surface area contributed by atoms with Gasteiger partial charge in [0.1, 0.15) is 11.2 Å². The van der Waals surface area contributed by atoms with Gasteiger partial charge in [-0.25, -0.2) is 0 Å². The number of aromatic nitrogens is 2. The maximum absolute atomic E-state index is 6.60. The molecule has 15 rings (SSSR count). The highest BCUT2D eigenvalue weighted by atomic mass is 32.1. The maximum Gasteiger partial charge on any atom is 0.143 e. The first-order valence-electron chi connectivity index (χ1n) is 23.2. The molecule has 0 aliphatic heterocycles. The highest BCUT2D eigenvalue weighted by molar-refractivity contribution is 7.26. The monoisotopic (exact) mass is 882 g/mol. The molecule has 68 heavy (non-hydrogen) atoms. The van der Waals surface area contributed by atoms with E-state index in [1.54, 1.807) is 0 Å². The second kappa shape index (κ2) is 14.4. The molecule has 3 nitrogen and oxygen atoms in total. The minimum Gasteiger partial charge on any atom is -0.455 e. The van der Waals surface area contributed by atoms with Crippen LogP contribution in [0.4, 0.5) is 0 Å². The molecule has 316 valence electrons. The van der Waals surface area contributed by atoms with E-state index in [0.717, 1.165) is 55.5 Å². The predicted molar refractivity (Wildman–Crippen MR) is 289 cm³/mol. The van der Waals surface area contributed by atoms with Crippen molar-refractivity contribution in [3.63, 3.8) is 0 Å². The van der Waals surface area contributed by atoms with E-state index >= 15 is 0 Å². The Bertz CT molecular complexity index is 4550. The number of hydrogen-bond donors (Lipinski definition) is 0. The molecule has 11 aromatic carbocycles. The zero-order chi connectivity index (χ0) is 44.5. The van der Waals surface area contributed by atoms with Crippen LogP contribution < -0.4 is 0 Å². The number of furan rings is 1. The molecule has 0 atom stereocenters. The molecule has 4 heterocycles. The van der Waals surface area contributed by atoms with Gasteiger partial charge in [-0.2, -0.15) is 0 Å². The summed E-state index contributed by atoms with van der Waals surface area (Å²) < 4.78 is 14.1. The Balaban J connectivity index is 0.937. The van der Waals surface area contributed by atoms with Gasteiger partial charge in [0.2, 0.25) is 0 Å². The van der Waals surface area contributed by atoms with Crippen LogP contribution in [0.3, 0.4) is 0 Å². The van der Waals surface area contributed by atoms with Gasteiger partial charge in [0, 0.05) is 69.4 Å². The van der Waals surface area contributed by atoms with Gasteiger partial charge in [-0.3, -0.25) is 0 Å². The Kier molecular flexibility index (Phi) is 7.94. The largest absolute Gasteiger partial charge is 0.455 e. The first-order chi connectivity index (χ1) is 33.7. The van der Waals surface area contributed by atoms with Crippen molar-refractivity contribution in [3.8, 4) is 44.8 Å². The molecule has 0 aliphatic carbocycles. The molecule has 0 saturated carbocycles. The number of thiophene rings is 1.